The Balaban J connectivity index is 2.24. The summed E-state index contributed by atoms with van der Waals surface area (Å²) in [5.41, 5.74) is 12.0. The van der Waals surface area contributed by atoms with Crippen LogP contribution in [0.1, 0.15) is 11.5 Å². The first-order valence-electron chi connectivity index (χ1n) is 3.79. The molecule has 0 unspecified atom stereocenters. The Hall–Kier alpha value is -1.91. The van der Waals surface area contributed by atoms with E-state index in [4.69, 9.17) is 20.4 Å². The third-order valence-corrected chi connectivity index (χ3v) is 1.75. The minimum atomic E-state index is 0.154. The molecule has 68 valence electrons. The van der Waals surface area contributed by atoms with Crippen LogP contribution >= 0.6 is 0 Å². The zero-order valence-corrected chi connectivity index (χ0v) is 6.86. The maximum absolute atomic E-state index is 5.60. The number of hydrogen-bond acceptors (Lipinski definition) is 5. The van der Waals surface area contributed by atoms with Gasteiger partial charge in [0.25, 0.3) is 0 Å². The molecule has 0 fully saturated rings. The molecule has 0 saturated heterocycles. The number of nitrogen functional groups attached to an aromatic ring is 2. The monoisotopic (exact) mass is 179 g/mol. The van der Waals surface area contributed by atoms with Crippen molar-refractivity contribution in [2.75, 3.05) is 11.5 Å². The molecule has 0 aromatic carbocycles. The van der Waals surface area contributed by atoms with Crippen LogP contribution < -0.4 is 11.5 Å². The van der Waals surface area contributed by atoms with Gasteiger partial charge in [-0.1, -0.05) is 5.16 Å². The second kappa shape index (κ2) is 2.85. The molecule has 0 aliphatic carbocycles. The summed E-state index contributed by atoms with van der Waals surface area (Å²) in [5, 5.41) is 3.71. The molecule has 0 bridgehead atoms. The summed E-state index contributed by atoms with van der Waals surface area (Å²) in [5.74, 6) is 0.932. The molecule has 2 aromatic heterocycles. The summed E-state index contributed by atoms with van der Waals surface area (Å²) < 4.78 is 9.83. The number of nitrogens with zero attached hydrogens (tertiary/aromatic N) is 1. The lowest BCUT2D eigenvalue weighted by Crippen LogP contribution is -1.95. The van der Waals surface area contributed by atoms with Crippen LogP contribution in [0.3, 0.4) is 0 Å². The van der Waals surface area contributed by atoms with E-state index in [0.29, 0.717) is 17.8 Å². The second-order valence-corrected chi connectivity index (χ2v) is 2.66. The maximum Gasteiger partial charge on any atom is 0.245 e. The van der Waals surface area contributed by atoms with Crippen LogP contribution in [-0.2, 0) is 6.42 Å². The van der Waals surface area contributed by atoms with E-state index in [1.165, 1.54) is 0 Å². The highest BCUT2D eigenvalue weighted by atomic mass is 16.5. The van der Waals surface area contributed by atoms with Gasteiger partial charge in [-0.3, -0.25) is 0 Å². The Kier molecular flexibility index (Phi) is 1.70. The normalized spacial score (nSPS) is 10.5. The first-order valence-corrected chi connectivity index (χ1v) is 3.79. The lowest BCUT2D eigenvalue weighted by molar-refractivity contribution is 0.425. The van der Waals surface area contributed by atoms with Crippen LogP contribution in [0, 0.1) is 0 Å². The van der Waals surface area contributed by atoms with E-state index in [-0.39, 0.29) is 5.88 Å². The molecule has 2 heterocycles. The molecule has 5 heteroatoms. The Morgan fingerprint density at radius 2 is 2.23 bits per heavy atom. The van der Waals surface area contributed by atoms with Crippen molar-refractivity contribution in [1.82, 2.24) is 5.16 Å². The standard InChI is InChI=1S/C8H9N3O2/c9-7-6(11-13-8(7)10)4-5-2-1-3-12-5/h1-3H,4,9-10H2. The maximum atomic E-state index is 5.60. The number of aromatic nitrogens is 1. The van der Waals surface area contributed by atoms with Crippen LogP contribution in [0.2, 0.25) is 0 Å². The minimum Gasteiger partial charge on any atom is -0.469 e. The van der Waals surface area contributed by atoms with Gasteiger partial charge in [0.05, 0.1) is 12.7 Å². The fraction of sp³-hybridized carbons (Fsp3) is 0.125. The highest BCUT2D eigenvalue weighted by Crippen LogP contribution is 2.21. The number of hydrogen-bond donors (Lipinski definition) is 2. The van der Waals surface area contributed by atoms with Crippen LogP contribution in [0.25, 0.3) is 0 Å². The average molecular weight is 179 g/mol. The van der Waals surface area contributed by atoms with Crippen molar-refractivity contribution in [3.63, 3.8) is 0 Å². The zero-order valence-electron chi connectivity index (χ0n) is 6.86. The molecule has 0 amide bonds. The molecule has 5 nitrogen and oxygen atoms in total. The molecule has 0 aliphatic rings. The second-order valence-electron chi connectivity index (χ2n) is 2.66. The van der Waals surface area contributed by atoms with Gasteiger partial charge in [0.15, 0.2) is 0 Å². The first-order chi connectivity index (χ1) is 6.27. The summed E-state index contributed by atoms with van der Waals surface area (Å²) in [7, 11) is 0. The van der Waals surface area contributed by atoms with Crippen molar-refractivity contribution >= 4 is 11.6 Å². The Bertz CT molecular complexity index is 391. The number of rotatable bonds is 2. The molecule has 0 saturated carbocycles. The minimum absolute atomic E-state index is 0.154. The number of anilines is 2. The summed E-state index contributed by atoms with van der Waals surface area (Å²) in [6.07, 6.45) is 2.09. The van der Waals surface area contributed by atoms with Crippen LogP contribution in [0.5, 0.6) is 0 Å². The average Bonchev–Trinajstić information content (AvgIpc) is 2.71. The van der Waals surface area contributed by atoms with Crippen molar-refractivity contribution in [2.45, 2.75) is 6.42 Å². The first kappa shape index (κ1) is 7.72. The smallest absolute Gasteiger partial charge is 0.245 e. The third-order valence-electron chi connectivity index (χ3n) is 1.75. The van der Waals surface area contributed by atoms with E-state index in [9.17, 15) is 0 Å². The Labute approximate surface area is 74.3 Å². The molecule has 0 spiro atoms. The van der Waals surface area contributed by atoms with Crippen LogP contribution in [0.4, 0.5) is 11.6 Å². The fourth-order valence-corrected chi connectivity index (χ4v) is 1.05. The summed E-state index contributed by atoms with van der Waals surface area (Å²) in [4.78, 5) is 0. The fourth-order valence-electron chi connectivity index (χ4n) is 1.05. The van der Waals surface area contributed by atoms with Crippen LogP contribution in [0.15, 0.2) is 27.3 Å². The van der Waals surface area contributed by atoms with Gasteiger partial charge in [0, 0.05) is 0 Å². The summed E-state index contributed by atoms with van der Waals surface area (Å²) >= 11 is 0. The van der Waals surface area contributed by atoms with Crippen molar-refractivity contribution in [2.24, 2.45) is 0 Å². The quantitative estimate of drug-likeness (QED) is 0.718. The van der Waals surface area contributed by atoms with E-state index in [2.05, 4.69) is 5.16 Å². The van der Waals surface area contributed by atoms with Crippen molar-refractivity contribution in [3.8, 4) is 0 Å². The van der Waals surface area contributed by atoms with Crippen molar-refractivity contribution < 1.29 is 8.94 Å². The predicted molar refractivity (Wildman–Crippen MR) is 46.8 cm³/mol. The lowest BCUT2D eigenvalue weighted by atomic mass is 10.2. The van der Waals surface area contributed by atoms with E-state index < -0.39 is 0 Å². The van der Waals surface area contributed by atoms with Gasteiger partial charge < -0.3 is 20.4 Å². The van der Waals surface area contributed by atoms with Gasteiger partial charge >= 0.3 is 0 Å². The molecule has 2 rings (SSSR count). The van der Waals surface area contributed by atoms with Gasteiger partial charge in [0.1, 0.15) is 17.1 Å². The van der Waals surface area contributed by atoms with Crippen molar-refractivity contribution in [3.05, 3.63) is 29.9 Å². The number of furan rings is 1. The molecule has 0 radical (unpaired) electrons. The molecular formula is C8H9N3O2. The molecule has 13 heavy (non-hydrogen) atoms. The number of nitrogens with two attached hydrogens (primary N) is 2. The van der Waals surface area contributed by atoms with E-state index >= 15 is 0 Å². The molecule has 2 aromatic rings. The topological polar surface area (TPSA) is 91.2 Å². The van der Waals surface area contributed by atoms with Gasteiger partial charge in [-0.25, -0.2) is 0 Å². The highest BCUT2D eigenvalue weighted by molar-refractivity contribution is 5.59. The van der Waals surface area contributed by atoms with E-state index in [1.807, 2.05) is 6.07 Å². The zero-order chi connectivity index (χ0) is 9.26. The Morgan fingerprint density at radius 3 is 2.77 bits per heavy atom. The largest absolute Gasteiger partial charge is 0.469 e. The van der Waals surface area contributed by atoms with E-state index in [1.54, 1.807) is 12.3 Å². The third kappa shape index (κ3) is 1.35. The SMILES string of the molecule is Nc1onc(Cc2ccco2)c1N. The highest BCUT2D eigenvalue weighted by Gasteiger charge is 2.11. The van der Waals surface area contributed by atoms with Gasteiger partial charge in [0.2, 0.25) is 5.88 Å². The molecule has 4 N–H and O–H groups in total. The summed E-state index contributed by atoms with van der Waals surface area (Å²) in [6, 6.07) is 3.64. The predicted octanol–water partition coefficient (Wildman–Crippen LogP) is 1.02. The van der Waals surface area contributed by atoms with Gasteiger partial charge in [-0.2, -0.15) is 0 Å². The van der Waals surface area contributed by atoms with Gasteiger partial charge in [-0.05, 0) is 12.1 Å². The molecular weight excluding hydrogens is 170 g/mol. The summed E-state index contributed by atoms with van der Waals surface area (Å²) in [6.45, 7) is 0. The molecule has 0 aliphatic heterocycles. The Morgan fingerprint density at radius 1 is 1.38 bits per heavy atom. The van der Waals surface area contributed by atoms with Crippen LogP contribution in [-0.4, -0.2) is 5.16 Å². The van der Waals surface area contributed by atoms with Crippen molar-refractivity contribution in [1.29, 1.82) is 0 Å². The van der Waals surface area contributed by atoms with Gasteiger partial charge in [-0.15, -0.1) is 0 Å². The lowest BCUT2D eigenvalue weighted by Gasteiger charge is -1.92. The molecule has 0 atom stereocenters. The van der Waals surface area contributed by atoms with E-state index in [0.717, 1.165) is 5.76 Å².